The second kappa shape index (κ2) is 6.24. The first kappa shape index (κ1) is 15.0. The summed E-state index contributed by atoms with van der Waals surface area (Å²) in [6, 6.07) is 7.81. The number of hydrogen-bond acceptors (Lipinski definition) is 3. The summed E-state index contributed by atoms with van der Waals surface area (Å²) in [5.74, 6) is 0.596. The van der Waals surface area contributed by atoms with Gasteiger partial charge in [-0.05, 0) is 37.5 Å². The van der Waals surface area contributed by atoms with Crippen LogP contribution in [0.25, 0.3) is 0 Å². The Morgan fingerprint density at radius 3 is 2.68 bits per heavy atom. The minimum Gasteiger partial charge on any atom is -0.496 e. The summed E-state index contributed by atoms with van der Waals surface area (Å²) in [5, 5.41) is 11.7. The lowest BCUT2D eigenvalue weighted by molar-refractivity contribution is -0.126. The lowest BCUT2D eigenvalue weighted by Crippen LogP contribution is -2.35. The highest BCUT2D eigenvalue weighted by molar-refractivity contribution is 5.84. The zero-order valence-electron chi connectivity index (χ0n) is 11.9. The van der Waals surface area contributed by atoms with Crippen molar-refractivity contribution in [2.75, 3.05) is 7.11 Å². The molecule has 1 aromatic rings. The minimum absolute atomic E-state index is 0.260. The third kappa shape index (κ3) is 3.72. The first-order chi connectivity index (χ1) is 8.94. The van der Waals surface area contributed by atoms with E-state index in [0.717, 1.165) is 23.3 Å². The van der Waals surface area contributed by atoms with E-state index in [1.54, 1.807) is 21.0 Å². The van der Waals surface area contributed by atoms with E-state index < -0.39 is 5.41 Å². The lowest BCUT2D eigenvalue weighted by atomic mass is 9.94. The Morgan fingerprint density at radius 1 is 1.47 bits per heavy atom. The molecule has 0 spiro atoms. The number of benzene rings is 1. The van der Waals surface area contributed by atoms with E-state index in [9.17, 15) is 4.79 Å². The van der Waals surface area contributed by atoms with Crippen molar-refractivity contribution in [1.29, 1.82) is 5.26 Å². The lowest BCUT2D eigenvalue weighted by Gasteiger charge is -2.15. The number of nitrogens with zero attached hydrogens (tertiary/aromatic N) is 1. The Morgan fingerprint density at radius 2 is 2.16 bits per heavy atom. The molecule has 19 heavy (non-hydrogen) atoms. The van der Waals surface area contributed by atoms with Crippen LogP contribution in [0.3, 0.4) is 0 Å². The van der Waals surface area contributed by atoms with Crippen molar-refractivity contribution in [2.24, 2.45) is 5.41 Å². The molecule has 0 fully saturated rings. The van der Waals surface area contributed by atoms with Gasteiger partial charge in [-0.3, -0.25) is 4.79 Å². The minimum atomic E-state index is -1.000. The molecule has 1 N–H and O–H groups in total. The van der Waals surface area contributed by atoms with Crippen LogP contribution in [0.1, 0.15) is 31.9 Å². The molecule has 1 aromatic carbocycles. The van der Waals surface area contributed by atoms with Gasteiger partial charge < -0.3 is 10.1 Å². The topological polar surface area (TPSA) is 62.1 Å². The van der Waals surface area contributed by atoms with Gasteiger partial charge in [-0.2, -0.15) is 5.26 Å². The zero-order chi connectivity index (χ0) is 14.5. The van der Waals surface area contributed by atoms with E-state index in [1.807, 2.05) is 24.3 Å². The van der Waals surface area contributed by atoms with Crippen molar-refractivity contribution in [3.63, 3.8) is 0 Å². The van der Waals surface area contributed by atoms with Crippen LogP contribution in [0, 0.1) is 16.7 Å². The summed E-state index contributed by atoms with van der Waals surface area (Å²) in [5.41, 5.74) is 1.11. The summed E-state index contributed by atoms with van der Waals surface area (Å²) in [6.45, 7) is 5.68. The summed E-state index contributed by atoms with van der Waals surface area (Å²) in [7, 11) is 1.64. The van der Waals surface area contributed by atoms with Gasteiger partial charge in [0, 0.05) is 6.54 Å². The Labute approximate surface area is 114 Å². The molecule has 0 unspecified atom stereocenters. The van der Waals surface area contributed by atoms with Gasteiger partial charge in [-0.1, -0.05) is 19.1 Å². The van der Waals surface area contributed by atoms with Crippen LogP contribution in [0.15, 0.2) is 18.2 Å². The summed E-state index contributed by atoms with van der Waals surface area (Å²) >= 11 is 0. The molecule has 102 valence electrons. The highest BCUT2D eigenvalue weighted by Crippen LogP contribution is 2.20. The third-order valence-corrected chi connectivity index (χ3v) is 3.03. The summed E-state index contributed by atoms with van der Waals surface area (Å²) < 4.78 is 5.26. The van der Waals surface area contributed by atoms with Crippen molar-refractivity contribution in [2.45, 2.75) is 33.7 Å². The van der Waals surface area contributed by atoms with Crippen molar-refractivity contribution >= 4 is 5.91 Å². The molecule has 0 heterocycles. The molecule has 0 saturated carbocycles. The van der Waals surface area contributed by atoms with Crippen molar-refractivity contribution in [1.82, 2.24) is 5.32 Å². The van der Waals surface area contributed by atoms with Crippen molar-refractivity contribution < 1.29 is 9.53 Å². The maximum Gasteiger partial charge on any atom is 0.240 e. The zero-order valence-corrected chi connectivity index (χ0v) is 11.9. The van der Waals surface area contributed by atoms with Gasteiger partial charge in [0.1, 0.15) is 11.2 Å². The Kier molecular flexibility index (Phi) is 4.94. The van der Waals surface area contributed by atoms with Crippen LogP contribution >= 0.6 is 0 Å². The largest absolute Gasteiger partial charge is 0.496 e. The van der Waals surface area contributed by atoms with Crippen molar-refractivity contribution in [3.8, 4) is 11.8 Å². The number of methoxy groups -OCH3 is 1. The first-order valence-corrected chi connectivity index (χ1v) is 6.30. The smallest absolute Gasteiger partial charge is 0.240 e. The first-order valence-electron chi connectivity index (χ1n) is 6.30. The molecule has 0 aliphatic heterocycles. The normalized spacial score (nSPS) is 10.7. The van der Waals surface area contributed by atoms with E-state index in [2.05, 4.69) is 12.2 Å². The molecule has 0 aromatic heterocycles. The maximum absolute atomic E-state index is 11.8. The summed E-state index contributed by atoms with van der Waals surface area (Å²) in [4.78, 5) is 11.8. The van der Waals surface area contributed by atoms with Gasteiger partial charge in [0.25, 0.3) is 0 Å². The fourth-order valence-electron chi connectivity index (χ4n) is 1.67. The predicted molar refractivity (Wildman–Crippen MR) is 73.6 cm³/mol. The highest BCUT2D eigenvalue weighted by Gasteiger charge is 2.26. The number of nitrogens with one attached hydrogen (secondary N) is 1. The Hall–Kier alpha value is -2.02. The van der Waals surface area contributed by atoms with Gasteiger partial charge in [0.05, 0.1) is 13.2 Å². The molecule has 0 atom stereocenters. The van der Waals surface area contributed by atoms with Crippen LogP contribution in [0.5, 0.6) is 5.75 Å². The molecule has 0 aliphatic rings. The van der Waals surface area contributed by atoms with E-state index in [-0.39, 0.29) is 5.91 Å². The monoisotopic (exact) mass is 260 g/mol. The van der Waals surface area contributed by atoms with Gasteiger partial charge in [-0.25, -0.2) is 0 Å². The Bertz CT molecular complexity index is 501. The maximum atomic E-state index is 11.8. The van der Waals surface area contributed by atoms with Crippen LogP contribution < -0.4 is 10.1 Å². The molecule has 1 amide bonds. The molecule has 4 nitrogen and oxygen atoms in total. The van der Waals surface area contributed by atoms with Gasteiger partial charge in [-0.15, -0.1) is 0 Å². The fourth-order valence-corrected chi connectivity index (χ4v) is 1.67. The third-order valence-electron chi connectivity index (χ3n) is 3.03. The number of aryl methyl sites for hydroxylation is 1. The number of ether oxygens (including phenoxy) is 1. The molecule has 0 aliphatic carbocycles. The van der Waals surface area contributed by atoms with Crippen LogP contribution in [0.4, 0.5) is 0 Å². The molecular formula is C15H20N2O2. The second-order valence-corrected chi connectivity index (χ2v) is 4.92. The fraction of sp³-hybridized carbons (Fsp3) is 0.467. The molecule has 0 bridgehead atoms. The van der Waals surface area contributed by atoms with Crippen LogP contribution in [0.2, 0.25) is 0 Å². The van der Waals surface area contributed by atoms with Crippen LogP contribution in [-0.2, 0) is 17.8 Å². The number of carbonyl (C=O) groups is 1. The predicted octanol–water partition coefficient (Wildman–Crippen LogP) is 2.42. The second-order valence-electron chi connectivity index (χ2n) is 4.92. The van der Waals surface area contributed by atoms with Gasteiger partial charge in [0.15, 0.2) is 0 Å². The molecule has 4 heteroatoms. The summed E-state index contributed by atoms with van der Waals surface area (Å²) in [6.07, 6.45) is 0.870. The molecular weight excluding hydrogens is 240 g/mol. The average molecular weight is 260 g/mol. The standard InChI is InChI=1S/C15H20N2O2/c1-5-12-8-11(6-7-13(12)19-4)9-17-14(18)15(2,3)10-16/h6-8H,5,9H2,1-4H3,(H,17,18). The number of nitriles is 1. The number of amides is 1. The van der Waals surface area contributed by atoms with Crippen LogP contribution in [-0.4, -0.2) is 13.0 Å². The number of carbonyl (C=O) groups excluding carboxylic acids is 1. The van der Waals surface area contributed by atoms with Gasteiger partial charge in [0.2, 0.25) is 5.91 Å². The molecule has 0 radical (unpaired) electrons. The molecule has 0 saturated heterocycles. The average Bonchev–Trinajstić information content (AvgIpc) is 2.44. The van der Waals surface area contributed by atoms with E-state index in [0.29, 0.717) is 6.54 Å². The molecule has 1 rings (SSSR count). The quantitative estimate of drug-likeness (QED) is 0.884. The van der Waals surface area contributed by atoms with Crippen molar-refractivity contribution in [3.05, 3.63) is 29.3 Å². The Balaban J connectivity index is 2.74. The SMILES string of the molecule is CCc1cc(CNC(=O)C(C)(C)C#N)ccc1OC. The van der Waals surface area contributed by atoms with E-state index >= 15 is 0 Å². The van der Waals surface area contributed by atoms with E-state index in [1.165, 1.54) is 0 Å². The number of hydrogen-bond donors (Lipinski definition) is 1. The number of rotatable bonds is 5. The highest BCUT2D eigenvalue weighted by atomic mass is 16.5. The van der Waals surface area contributed by atoms with Gasteiger partial charge >= 0.3 is 0 Å². The van der Waals surface area contributed by atoms with E-state index in [4.69, 9.17) is 10.00 Å².